The third kappa shape index (κ3) is 3.59. The summed E-state index contributed by atoms with van der Waals surface area (Å²) in [6, 6.07) is 5.00. The highest BCUT2D eigenvalue weighted by molar-refractivity contribution is 7.88. The summed E-state index contributed by atoms with van der Waals surface area (Å²) in [5, 5.41) is 0.783. The van der Waals surface area contributed by atoms with Crippen LogP contribution in [0.25, 0.3) is 10.9 Å². The second-order valence-corrected chi connectivity index (χ2v) is 6.45. The lowest BCUT2D eigenvalue weighted by molar-refractivity contribution is 0.414. The minimum absolute atomic E-state index is 0.312. The van der Waals surface area contributed by atoms with E-state index in [2.05, 4.69) is 4.98 Å². The van der Waals surface area contributed by atoms with E-state index < -0.39 is 29.7 Å². The molecule has 0 saturated heterocycles. The topological polar surface area (TPSA) is 65.2 Å². The maximum Gasteiger partial charge on any atom is 0.215 e. The highest BCUT2D eigenvalue weighted by Crippen LogP contribution is 2.21. The first-order valence-electron chi connectivity index (χ1n) is 9.09. The van der Waals surface area contributed by atoms with E-state index in [1.54, 1.807) is 29.1 Å². The molecule has 0 aliphatic rings. The molecule has 0 saturated carbocycles. The van der Waals surface area contributed by atoms with E-state index in [1.807, 2.05) is 0 Å². The van der Waals surface area contributed by atoms with Crippen LogP contribution in [0, 0.1) is 0 Å². The predicted molar refractivity (Wildman–Crippen MR) is 82.2 cm³/mol. The largest absolute Gasteiger partial charge is 0.361 e. The van der Waals surface area contributed by atoms with E-state index in [-0.39, 0.29) is 0 Å². The first-order valence-corrected chi connectivity index (χ1v) is 7.74. The fourth-order valence-corrected chi connectivity index (χ4v) is 2.76. The summed E-state index contributed by atoms with van der Waals surface area (Å²) in [7, 11) is -2.49. The van der Waals surface area contributed by atoms with E-state index in [0.29, 0.717) is 18.5 Å². The molecule has 0 aliphatic heterocycles. The van der Waals surface area contributed by atoms with E-state index >= 15 is 0 Å². The lowest BCUT2D eigenvalue weighted by Gasteiger charge is -2.08. The molecule has 0 unspecified atom stereocenters. The Labute approximate surface area is 128 Å². The highest BCUT2D eigenvalue weighted by Gasteiger charge is 2.11. The van der Waals surface area contributed by atoms with Crippen LogP contribution in [0.4, 0.5) is 0 Å². The van der Waals surface area contributed by atoms with Gasteiger partial charge in [0.15, 0.2) is 0 Å². The van der Waals surface area contributed by atoms with Crippen LogP contribution < -0.4 is 4.72 Å². The van der Waals surface area contributed by atoms with Gasteiger partial charge in [-0.2, -0.15) is 0 Å². The molecule has 2 aromatic rings. The number of likely N-dealkylation sites (N-methyl/N-ethyl adjacent to an activating group) is 1. The van der Waals surface area contributed by atoms with Gasteiger partial charge in [-0.25, -0.2) is 13.1 Å². The standard InChI is InChI=1S/C14H21N3O2S/c1-15-20(18,19)10-11-4-5-14-13(8-11)12(9-16-14)6-7-17(2)3/h4-5,8-9,15-16H,6-7,10H2,1-3H3/i1D3,2D3. The highest BCUT2D eigenvalue weighted by atomic mass is 32.2. The van der Waals surface area contributed by atoms with Crippen molar-refractivity contribution in [2.75, 3.05) is 27.5 Å². The molecule has 110 valence electrons. The van der Waals surface area contributed by atoms with Gasteiger partial charge in [0.1, 0.15) is 0 Å². The zero-order valence-electron chi connectivity index (χ0n) is 17.1. The van der Waals surface area contributed by atoms with Gasteiger partial charge < -0.3 is 9.88 Å². The summed E-state index contributed by atoms with van der Waals surface area (Å²) in [6.45, 7) is -4.64. The summed E-state index contributed by atoms with van der Waals surface area (Å²) < 4.78 is 68.7. The average molecular weight is 301 g/mol. The predicted octanol–water partition coefficient (Wildman–Crippen LogP) is 1.32. The number of rotatable bonds is 6. The number of nitrogens with zero attached hydrogens (tertiary/aromatic N) is 1. The zero-order valence-corrected chi connectivity index (χ0v) is 11.9. The van der Waals surface area contributed by atoms with Crippen LogP contribution in [0.5, 0.6) is 0 Å². The van der Waals surface area contributed by atoms with Gasteiger partial charge in [-0.05, 0) is 50.7 Å². The molecule has 2 N–H and O–H groups in total. The number of aromatic amines is 1. The molecular weight excluding hydrogens is 274 g/mol. The molecule has 20 heavy (non-hydrogen) atoms. The monoisotopic (exact) mass is 301 g/mol. The van der Waals surface area contributed by atoms with Crippen molar-refractivity contribution < 1.29 is 16.6 Å². The zero-order chi connectivity index (χ0) is 19.8. The number of fused-ring (bicyclic) bond motifs is 1. The molecule has 0 amide bonds. The quantitative estimate of drug-likeness (QED) is 0.846. The molecule has 2 rings (SSSR count). The van der Waals surface area contributed by atoms with Gasteiger partial charge in [-0.3, -0.25) is 0 Å². The second kappa shape index (κ2) is 5.95. The summed E-state index contributed by atoms with van der Waals surface area (Å²) in [5.74, 6) is -0.457. The first kappa shape index (κ1) is 8.81. The van der Waals surface area contributed by atoms with Gasteiger partial charge >= 0.3 is 0 Å². The lowest BCUT2D eigenvalue weighted by atomic mass is 10.1. The van der Waals surface area contributed by atoms with Crippen molar-refractivity contribution in [1.29, 1.82) is 0 Å². The number of sulfonamides is 1. The molecule has 5 nitrogen and oxygen atoms in total. The molecule has 0 spiro atoms. The van der Waals surface area contributed by atoms with Crippen molar-refractivity contribution in [3.8, 4) is 0 Å². The Balaban J connectivity index is 2.20. The van der Waals surface area contributed by atoms with Crippen LogP contribution in [-0.2, 0) is 22.2 Å². The number of H-pyrrole nitrogens is 1. The average Bonchev–Trinajstić information content (AvgIpc) is 2.82. The number of aromatic nitrogens is 1. The smallest absolute Gasteiger partial charge is 0.215 e. The summed E-state index contributed by atoms with van der Waals surface area (Å²) in [4.78, 5) is 4.33. The van der Waals surface area contributed by atoms with Crippen LogP contribution in [0.15, 0.2) is 24.4 Å². The van der Waals surface area contributed by atoms with Crippen molar-refractivity contribution in [3.63, 3.8) is 0 Å². The van der Waals surface area contributed by atoms with Crippen molar-refractivity contribution in [1.82, 2.24) is 14.6 Å². The Morgan fingerprint density at radius 1 is 1.45 bits per heavy atom. The van der Waals surface area contributed by atoms with Crippen LogP contribution in [0.1, 0.15) is 19.4 Å². The van der Waals surface area contributed by atoms with Gasteiger partial charge in [-0.1, -0.05) is 6.07 Å². The fourth-order valence-electron chi connectivity index (χ4n) is 2.07. The minimum Gasteiger partial charge on any atom is -0.361 e. The molecule has 1 aromatic carbocycles. The number of hydrogen-bond donors (Lipinski definition) is 2. The molecule has 1 aromatic heterocycles. The van der Waals surface area contributed by atoms with Crippen LogP contribution in [0.3, 0.4) is 0 Å². The van der Waals surface area contributed by atoms with Gasteiger partial charge in [-0.15, -0.1) is 0 Å². The molecule has 0 atom stereocenters. The van der Waals surface area contributed by atoms with E-state index in [4.69, 9.17) is 8.22 Å². The van der Waals surface area contributed by atoms with Crippen LogP contribution in [0.2, 0.25) is 0 Å². The van der Waals surface area contributed by atoms with E-state index in [9.17, 15) is 8.42 Å². The fraction of sp³-hybridized carbons (Fsp3) is 0.429. The maximum atomic E-state index is 12.0. The number of nitrogens with one attached hydrogen (secondary N) is 2. The van der Waals surface area contributed by atoms with Crippen LogP contribution in [-0.4, -0.2) is 45.8 Å². The Hall–Kier alpha value is -1.37. The van der Waals surface area contributed by atoms with Crippen molar-refractivity contribution >= 4 is 20.9 Å². The molecule has 1 heterocycles. The van der Waals surface area contributed by atoms with E-state index in [0.717, 1.165) is 16.5 Å². The molecule has 6 heteroatoms. The summed E-state index contributed by atoms with van der Waals surface area (Å²) >= 11 is 0. The van der Waals surface area contributed by atoms with Gasteiger partial charge in [0.05, 0.1) is 5.75 Å². The van der Waals surface area contributed by atoms with Crippen molar-refractivity contribution in [2.45, 2.75) is 12.2 Å². The van der Waals surface area contributed by atoms with Gasteiger partial charge in [0.25, 0.3) is 0 Å². The van der Waals surface area contributed by atoms with Gasteiger partial charge in [0, 0.05) is 31.9 Å². The molecule has 0 fully saturated rings. The molecule has 0 aliphatic carbocycles. The lowest BCUT2D eigenvalue weighted by Crippen LogP contribution is -2.20. The Kier molecular flexibility index (Phi) is 2.62. The van der Waals surface area contributed by atoms with Crippen molar-refractivity contribution in [2.24, 2.45) is 0 Å². The third-order valence-corrected chi connectivity index (χ3v) is 4.08. The maximum absolute atomic E-state index is 12.0. The van der Waals surface area contributed by atoms with Crippen LogP contribution >= 0.6 is 0 Å². The van der Waals surface area contributed by atoms with Gasteiger partial charge in [0.2, 0.25) is 10.0 Å². The Bertz CT molecular complexity index is 873. The first-order chi connectivity index (χ1) is 11.8. The SMILES string of the molecule is [2H]C([2H])([2H])NS(=O)(=O)Cc1ccc2[nH]cc(CCN(C)C([2H])([2H])[2H])c2c1. The number of benzene rings is 1. The molecule has 0 bridgehead atoms. The Morgan fingerprint density at radius 3 is 3.05 bits per heavy atom. The second-order valence-electron chi connectivity index (χ2n) is 4.73. The summed E-state index contributed by atoms with van der Waals surface area (Å²) in [6.07, 6.45) is 2.23. The van der Waals surface area contributed by atoms with Crippen molar-refractivity contribution in [3.05, 3.63) is 35.5 Å². The van der Waals surface area contributed by atoms with E-state index in [1.165, 1.54) is 11.9 Å². The Morgan fingerprint density at radius 2 is 2.30 bits per heavy atom. The number of hydrogen-bond acceptors (Lipinski definition) is 3. The molecule has 0 radical (unpaired) electrons. The molecular formula is C14H21N3O2S. The summed E-state index contributed by atoms with van der Waals surface area (Å²) in [5.41, 5.74) is 2.10. The third-order valence-electron chi connectivity index (χ3n) is 3.06. The normalized spacial score (nSPS) is 18.1. The minimum atomic E-state index is -4.01.